The fraction of sp³-hybridized carbons (Fsp3) is 0. The van der Waals surface area contributed by atoms with E-state index in [1.54, 1.807) is 0 Å². The summed E-state index contributed by atoms with van der Waals surface area (Å²) in [4.78, 5) is 5.36. The van der Waals surface area contributed by atoms with E-state index in [4.69, 9.17) is 4.98 Å². The van der Waals surface area contributed by atoms with Crippen molar-refractivity contribution in [3.63, 3.8) is 0 Å². The molecular weight excluding hydrogens is 597 g/mol. The van der Waals surface area contributed by atoms with Crippen molar-refractivity contribution >= 4 is 71.2 Å². The molecule has 0 aliphatic heterocycles. The Labute approximate surface area is 281 Å². The van der Waals surface area contributed by atoms with Gasteiger partial charge in [0.15, 0.2) is 5.65 Å². The monoisotopic (exact) mass is 624 g/mol. The van der Waals surface area contributed by atoms with Crippen LogP contribution in [-0.2, 0) is 0 Å². The Morgan fingerprint density at radius 3 is 1.71 bits per heavy atom. The molecule has 0 aliphatic carbocycles. The van der Waals surface area contributed by atoms with Crippen molar-refractivity contribution in [1.82, 2.24) is 18.5 Å². The van der Waals surface area contributed by atoms with Gasteiger partial charge in [0.2, 0.25) is 0 Å². The van der Waals surface area contributed by atoms with Crippen LogP contribution in [-0.4, -0.2) is 18.5 Å². The van der Waals surface area contributed by atoms with Crippen LogP contribution < -0.4 is 0 Å². The Bertz CT molecular complexity index is 3090. The molecule has 0 spiro atoms. The smallest absolute Gasteiger partial charge is 0.151 e. The molecule has 7 aromatic carbocycles. The fourth-order valence-corrected chi connectivity index (χ4v) is 8.17. The number of aromatic nitrogens is 4. The highest BCUT2D eigenvalue weighted by Gasteiger charge is 2.22. The Hall–Kier alpha value is -6.65. The van der Waals surface area contributed by atoms with Crippen molar-refractivity contribution in [2.45, 2.75) is 0 Å². The summed E-state index contributed by atoms with van der Waals surface area (Å²) in [6.45, 7) is 0. The topological polar surface area (TPSA) is 27.2 Å². The Morgan fingerprint density at radius 2 is 0.939 bits per heavy atom. The lowest BCUT2D eigenvalue weighted by molar-refractivity contribution is 1.12. The normalized spacial score (nSPS) is 12.1. The zero-order valence-electron chi connectivity index (χ0n) is 26.5. The van der Waals surface area contributed by atoms with Gasteiger partial charge in [-0.2, -0.15) is 0 Å². The molecule has 4 heteroatoms. The van der Waals surface area contributed by atoms with E-state index in [-0.39, 0.29) is 0 Å². The number of rotatable bonds is 3. The van der Waals surface area contributed by atoms with Gasteiger partial charge in [-0.1, -0.05) is 121 Å². The lowest BCUT2D eigenvalue weighted by atomic mass is 9.99. The van der Waals surface area contributed by atoms with Gasteiger partial charge in [0.05, 0.1) is 22.1 Å². The van der Waals surface area contributed by atoms with Crippen molar-refractivity contribution in [3.8, 4) is 22.5 Å². The molecule has 11 rings (SSSR count). The van der Waals surface area contributed by atoms with E-state index in [0.717, 1.165) is 50.0 Å². The van der Waals surface area contributed by atoms with Gasteiger partial charge in [0.25, 0.3) is 0 Å². The van der Waals surface area contributed by atoms with Gasteiger partial charge in [-0.05, 0) is 65.0 Å². The van der Waals surface area contributed by atoms with Crippen molar-refractivity contribution in [3.05, 3.63) is 170 Å². The molecule has 0 N–H and O–H groups in total. The highest BCUT2D eigenvalue weighted by atomic mass is 15.2. The number of imidazole rings is 1. The molecule has 0 saturated carbocycles. The summed E-state index contributed by atoms with van der Waals surface area (Å²) in [5.41, 5.74) is 12.5. The molecule has 0 bridgehead atoms. The average Bonchev–Trinajstić information content (AvgIpc) is 3.83. The summed E-state index contributed by atoms with van der Waals surface area (Å²) in [5.74, 6) is 0. The second kappa shape index (κ2) is 9.93. The molecule has 0 aliphatic rings. The van der Waals surface area contributed by atoms with Crippen LogP contribution in [0.2, 0.25) is 0 Å². The van der Waals surface area contributed by atoms with Crippen molar-refractivity contribution in [2.75, 3.05) is 0 Å². The highest BCUT2D eigenvalue weighted by Crippen LogP contribution is 2.40. The Morgan fingerprint density at radius 1 is 0.367 bits per heavy atom. The Kier molecular flexibility index (Phi) is 5.35. The molecule has 0 saturated heterocycles. The van der Waals surface area contributed by atoms with Crippen LogP contribution in [0.5, 0.6) is 0 Å². The third-order valence-electron chi connectivity index (χ3n) is 10.2. The quantitative estimate of drug-likeness (QED) is 0.180. The number of hydrogen-bond acceptors (Lipinski definition) is 1. The van der Waals surface area contributed by atoms with Gasteiger partial charge in [-0.15, -0.1) is 0 Å². The molecule has 0 fully saturated rings. The van der Waals surface area contributed by atoms with Crippen molar-refractivity contribution in [2.24, 2.45) is 0 Å². The first kappa shape index (κ1) is 26.4. The molecule has 0 unspecified atom stereocenters. The third kappa shape index (κ3) is 3.60. The van der Waals surface area contributed by atoms with Crippen LogP contribution in [0.4, 0.5) is 0 Å². The third-order valence-corrected chi connectivity index (χ3v) is 10.2. The number of pyridine rings is 1. The largest absolute Gasteiger partial charge is 0.309 e. The number of nitrogens with zero attached hydrogens (tertiary/aromatic N) is 4. The lowest BCUT2D eigenvalue weighted by Gasteiger charge is -2.13. The second-order valence-electron chi connectivity index (χ2n) is 12.8. The first-order valence-corrected chi connectivity index (χ1v) is 16.7. The van der Waals surface area contributed by atoms with Gasteiger partial charge in [-0.25, -0.2) is 4.98 Å². The Balaban J connectivity index is 1.17. The molecular formula is C45H28N4. The minimum atomic E-state index is 0.983. The van der Waals surface area contributed by atoms with Crippen LogP contribution >= 0.6 is 0 Å². The second-order valence-corrected chi connectivity index (χ2v) is 12.8. The van der Waals surface area contributed by atoms with Crippen LogP contribution in [0.1, 0.15) is 0 Å². The molecule has 49 heavy (non-hydrogen) atoms. The maximum Gasteiger partial charge on any atom is 0.151 e. The molecule has 228 valence electrons. The van der Waals surface area contributed by atoms with E-state index in [2.05, 4.69) is 183 Å². The summed E-state index contributed by atoms with van der Waals surface area (Å²) in [7, 11) is 0. The summed E-state index contributed by atoms with van der Waals surface area (Å²) in [6.07, 6.45) is 0. The zero-order valence-corrected chi connectivity index (χ0v) is 26.5. The zero-order chi connectivity index (χ0) is 32.1. The van der Waals surface area contributed by atoms with Crippen LogP contribution in [0.15, 0.2) is 170 Å². The first-order chi connectivity index (χ1) is 24.3. The minimum Gasteiger partial charge on any atom is -0.309 e. The van der Waals surface area contributed by atoms with E-state index < -0.39 is 0 Å². The lowest BCUT2D eigenvalue weighted by Crippen LogP contribution is -1.99. The SMILES string of the molecule is c1ccc(-n2c3ccccc3c3c(-c4ccc(-n5c6ccccc6c6nc7c8ccccc8c8ccccc8n7c65)cc4)cccc32)cc1. The molecule has 11 aromatic rings. The average molecular weight is 625 g/mol. The van der Waals surface area contributed by atoms with Gasteiger partial charge in [-0.3, -0.25) is 8.97 Å². The standard InChI is InChI=1S/C45H28N4/c1-2-13-30(14-3-1)47-39-22-10-7-18-36(39)42-32(20-12-24-41(42)47)29-25-27-31(28-26-29)48-40-23-11-8-19-37(40)43-45(48)49-38-21-9-6-16-34(38)33-15-4-5-17-35(33)44(49)46-43/h1-28H. The summed E-state index contributed by atoms with van der Waals surface area (Å²) < 4.78 is 7.13. The van der Waals surface area contributed by atoms with Gasteiger partial charge in [0, 0.05) is 38.3 Å². The predicted molar refractivity (Wildman–Crippen MR) is 204 cm³/mol. The molecule has 0 atom stereocenters. The maximum atomic E-state index is 5.36. The van der Waals surface area contributed by atoms with Gasteiger partial charge < -0.3 is 4.57 Å². The summed E-state index contributed by atoms with van der Waals surface area (Å²) >= 11 is 0. The summed E-state index contributed by atoms with van der Waals surface area (Å²) in [6, 6.07) is 61.1. The van der Waals surface area contributed by atoms with Gasteiger partial charge in [0.1, 0.15) is 11.2 Å². The molecule has 4 aromatic heterocycles. The van der Waals surface area contributed by atoms with E-state index >= 15 is 0 Å². The van der Waals surface area contributed by atoms with Crippen LogP contribution in [0, 0.1) is 0 Å². The minimum absolute atomic E-state index is 0.983. The van der Waals surface area contributed by atoms with Crippen molar-refractivity contribution < 1.29 is 0 Å². The molecule has 0 radical (unpaired) electrons. The van der Waals surface area contributed by atoms with E-state index in [0.29, 0.717) is 0 Å². The predicted octanol–water partition coefficient (Wildman–Crippen LogP) is 11.5. The first-order valence-electron chi connectivity index (χ1n) is 16.7. The number of fused-ring (bicyclic) bond motifs is 13. The number of benzene rings is 7. The highest BCUT2D eigenvalue weighted by molar-refractivity contribution is 6.17. The van der Waals surface area contributed by atoms with Gasteiger partial charge >= 0.3 is 0 Å². The summed E-state index contributed by atoms with van der Waals surface area (Å²) in [5, 5.41) is 7.27. The number of para-hydroxylation sites is 4. The molecule has 4 nitrogen and oxygen atoms in total. The van der Waals surface area contributed by atoms with Crippen molar-refractivity contribution in [1.29, 1.82) is 0 Å². The maximum absolute atomic E-state index is 5.36. The molecule has 4 heterocycles. The van der Waals surface area contributed by atoms with E-state index in [1.807, 2.05) is 0 Å². The van der Waals surface area contributed by atoms with E-state index in [9.17, 15) is 0 Å². The van der Waals surface area contributed by atoms with Crippen LogP contribution in [0.25, 0.3) is 93.7 Å². The molecule has 0 amide bonds. The van der Waals surface area contributed by atoms with Crippen LogP contribution in [0.3, 0.4) is 0 Å². The fourth-order valence-electron chi connectivity index (χ4n) is 8.17. The van der Waals surface area contributed by atoms with E-state index in [1.165, 1.54) is 43.7 Å². The number of hydrogen-bond donors (Lipinski definition) is 0.